The lowest BCUT2D eigenvalue weighted by molar-refractivity contribution is -0.119. The fraction of sp³-hybridized carbons (Fsp3) is 0.200. The minimum atomic E-state index is -0.425. The average molecular weight is 243 g/mol. The zero-order valence-corrected chi connectivity index (χ0v) is 9.34. The lowest BCUT2D eigenvalue weighted by Gasteiger charge is -2.05. The monoisotopic (exact) mass is 242 g/mol. The van der Waals surface area contributed by atoms with Gasteiger partial charge in [-0.1, -0.05) is 11.6 Å². The molecule has 0 aliphatic carbocycles. The summed E-state index contributed by atoms with van der Waals surface area (Å²) in [5.74, 6) is -0.812. The Morgan fingerprint density at radius 1 is 1.44 bits per heavy atom. The molecule has 16 heavy (non-hydrogen) atoms. The fourth-order valence-electron chi connectivity index (χ4n) is 0.999. The topological polar surface area (TPSA) is 78.4 Å². The highest BCUT2D eigenvalue weighted by molar-refractivity contribution is 6.32. The minimum Gasteiger partial charge on any atom is -0.506 e. The highest BCUT2D eigenvalue weighted by Gasteiger charge is 2.09. The van der Waals surface area contributed by atoms with Gasteiger partial charge in [-0.2, -0.15) is 0 Å². The Balaban J connectivity index is 2.66. The standard InChI is InChI=1S/C10H11ClN2O3/c1-12-9(15)5-13-10(16)6-2-3-8(14)7(11)4-6/h2-4,14H,5H2,1H3,(H,12,15)(H,13,16). The summed E-state index contributed by atoms with van der Waals surface area (Å²) < 4.78 is 0. The molecule has 0 atom stereocenters. The van der Waals surface area contributed by atoms with Crippen LogP contribution in [-0.4, -0.2) is 30.5 Å². The molecule has 0 saturated carbocycles. The number of carbonyl (C=O) groups excluding carboxylic acids is 2. The molecule has 1 aromatic carbocycles. The first-order chi connectivity index (χ1) is 7.54. The van der Waals surface area contributed by atoms with Crippen LogP contribution in [0.5, 0.6) is 5.75 Å². The maximum Gasteiger partial charge on any atom is 0.251 e. The molecule has 0 fully saturated rings. The Morgan fingerprint density at radius 3 is 2.69 bits per heavy atom. The first-order valence-corrected chi connectivity index (χ1v) is 4.89. The van der Waals surface area contributed by atoms with E-state index in [4.69, 9.17) is 16.7 Å². The van der Waals surface area contributed by atoms with E-state index in [2.05, 4.69) is 10.6 Å². The number of hydrogen-bond donors (Lipinski definition) is 3. The van der Waals surface area contributed by atoms with Crippen molar-refractivity contribution in [3.05, 3.63) is 28.8 Å². The molecule has 0 saturated heterocycles. The predicted octanol–water partition coefficient (Wildman–Crippen LogP) is 0.521. The third-order valence-electron chi connectivity index (χ3n) is 1.90. The molecule has 0 heterocycles. The maximum absolute atomic E-state index is 11.5. The molecule has 0 aromatic heterocycles. The van der Waals surface area contributed by atoms with Crippen molar-refractivity contribution < 1.29 is 14.7 Å². The molecule has 5 nitrogen and oxygen atoms in total. The fourth-order valence-corrected chi connectivity index (χ4v) is 1.18. The molecule has 86 valence electrons. The van der Waals surface area contributed by atoms with Gasteiger partial charge in [0.2, 0.25) is 5.91 Å². The van der Waals surface area contributed by atoms with Crippen molar-refractivity contribution in [3.63, 3.8) is 0 Å². The number of benzene rings is 1. The largest absolute Gasteiger partial charge is 0.506 e. The van der Waals surface area contributed by atoms with Crippen molar-refractivity contribution in [2.24, 2.45) is 0 Å². The number of halogens is 1. The molecule has 0 aliphatic rings. The van der Waals surface area contributed by atoms with Crippen molar-refractivity contribution in [1.82, 2.24) is 10.6 Å². The van der Waals surface area contributed by atoms with Gasteiger partial charge in [0.15, 0.2) is 0 Å². The van der Waals surface area contributed by atoms with Crippen LogP contribution in [0.3, 0.4) is 0 Å². The van der Waals surface area contributed by atoms with E-state index in [1.165, 1.54) is 25.2 Å². The van der Waals surface area contributed by atoms with Crippen LogP contribution in [0, 0.1) is 0 Å². The number of hydrogen-bond acceptors (Lipinski definition) is 3. The van der Waals surface area contributed by atoms with Gasteiger partial charge >= 0.3 is 0 Å². The number of nitrogens with one attached hydrogen (secondary N) is 2. The van der Waals surface area contributed by atoms with Gasteiger partial charge in [0.25, 0.3) is 5.91 Å². The van der Waals surface area contributed by atoms with E-state index >= 15 is 0 Å². The van der Waals surface area contributed by atoms with Crippen LogP contribution in [0.15, 0.2) is 18.2 Å². The van der Waals surface area contributed by atoms with Crippen LogP contribution >= 0.6 is 11.6 Å². The summed E-state index contributed by atoms with van der Waals surface area (Å²) >= 11 is 5.64. The van der Waals surface area contributed by atoms with Crippen molar-refractivity contribution >= 4 is 23.4 Å². The summed E-state index contributed by atoms with van der Waals surface area (Å²) in [6.45, 7) is -0.103. The van der Waals surface area contributed by atoms with Crippen LogP contribution in [-0.2, 0) is 4.79 Å². The SMILES string of the molecule is CNC(=O)CNC(=O)c1ccc(O)c(Cl)c1. The van der Waals surface area contributed by atoms with E-state index in [9.17, 15) is 9.59 Å². The second-order valence-electron chi connectivity index (χ2n) is 3.02. The lowest BCUT2D eigenvalue weighted by atomic mass is 10.2. The highest BCUT2D eigenvalue weighted by Crippen LogP contribution is 2.23. The smallest absolute Gasteiger partial charge is 0.251 e. The molecule has 0 bridgehead atoms. The molecule has 3 N–H and O–H groups in total. The first-order valence-electron chi connectivity index (χ1n) is 4.52. The second kappa shape index (κ2) is 5.37. The van der Waals surface area contributed by atoms with E-state index in [-0.39, 0.29) is 28.8 Å². The molecular formula is C10H11ClN2O3. The molecule has 0 spiro atoms. The summed E-state index contributed by atoms with van der Waals surface area (Å²) in [6.07, 6.45) is 0. The minimum absolute atomic E-state index is 0.0904. The average Bonchev–Trinajstić information content (AvgIpc) is 2.29. The van der Waals surface area contributed by atoms with Gasteiger partial charge in [-0.15, -0.1) is 0 Å². The van der Waals surface area contributed by atoms with Crippen LogP contribution in [0.1, 0.15) is 10.4 Å². The Kier molecular flexibility index (Phi) is 4.13. The van der Waals surface area contributed by atoms with Gasteiger partial charge in [-0.05, 0) is 18.2 Å². The Bertz CT molecular complexity index is 421. The molecular weight excluding hydrogens is 232 g/mol. The van der Waals surface area contributed by atoms with Crippen molar-refractivity contribution in [1.29, 1.82) is 0 Å². The first kappa shape index (κ1) is 12.3. The van der Waals surface area contributed by atoms with E-state index in [0.717, 1.165) is 0 Å². The van der Waals surface area contributed by atoms with E-state index < -0.39 is 5.91 Å². The summed E-state index contributed by atoms with van der Waals surface area (Å²) in [4.78, 5) is 22.4. The highest BCUT2D eigenvalue weighted by atomic mass is 35.5. The van der Waals surface area contributed by atoms with Crippen LogP contribution in [0.25, 0.3) is 0 Å². The summed E-state index contributed by atoms with van der Waals surface area (Å²) in [5.41, 5.74) is 0.284. The van der Waals surface area contributed by atoms with E-state index in [1.807, 2.05) is 0 Å². The Morgan fingerprint density at radius 2 is 2.12 bits per heavy atom. The lowest BCUT2D eigenvalue weighted by Crippen LogP contribution is -2.35. The predicted molar refractivity (Wildman–Crippen MR) is 59.5 cm³/mol. The summed E-state index contributed by atoms with van der Waals surface area (Å²) in [6, 6.07) is 4.06. The third kappa shape index (κ3) is 3.13. The van der Waals surface area contributed by atoms with Gasteiger partial charge < -0.3 is 15.7 Å². The van der Waals surface area contributed by atoms with Gasteiger partial charge in [0.05, 0.1) is 11.6 Å². The quantitative estimate of drug-likeness (QED) is 0.723. The zero-order chi connectivity index (χ0) is 12.1. The molecule has 0 unspecified atom stereocenters. The number of aromatic hydroxyl groups is 1. The summed E-state index contributed by atoms with van der Waals surface area (Å²) in [5, 5.41) is 14.0. The van der Waals surface area contributed by atoms with Crippen LogP contribution in [0.4, 0.5) is 0 Å². The van der Waals surface area contributed by atoms with Gasteiger partial charge in [-0.25, -0.2) is 0 Å². The second-order valence-corrected chi connectivity index (χ2v) is 3.43. The number of phenolic OH excluding ortho intramolecular Hbond substituents is 1. The molecule has 1 rings (SSSR count). The molecule has 1 aromatic rings. The van der Waals surface area contributed by atoms with Gasteiger partial charge in [-0.3, -0.25) is 9.59 Å². The van der Waals surface area contributed by atoms with E-state index in [0.29, 0.717) is 0 Å². The van der Waals surface area contributed by atoms with Crippen molar-refractivity contribution in [3.8, 4) is 5.75 Å². The molecule has 0 radical (unpaired) electrons. The Labute approximate surface area is 97.4 Å². The van der Waals surface area contributed by atoms with Gasteiger partial charge in [0.1, 0.15) is 5.75 Å². The normalized spacial score (nSPS) is 9.62. The van der Waals surface area contributed by atoms with Crippen molar-refractivity contribution in [2.45, 2.75) is 0 Å². The Hall–Kier alpha value is -1.75. The third-order valence-corrected chi connectivity index (χ3v) is 2.20. The maximum atomic E-state index is 11.5. The molecule has 0 aliphatic heterocycles. The number of rotatable bonds is 3. The molecule has 6 heteroatoms. The van der Waals surface area contributed by atoms with Crippen molar-refractivity contribution in [2.75, 3.05) is 13.6 Å². The van der Waals surface area contributed by atoms with Crippen LogP contribution in [0.2, 0.25) is 5.02 Å². The number of likely N-dealkylation sites (N-methyl/N-ethyl adjacent to an activating group) is 1. The number of phenols is 1. The van der Waals surface area contributed by atoms with Gasteiger partial charge in [0, 0.05) is 12.6 Å². The van der Waals surface area contributed by atoms with E-state index in [1.54, 1.807) is 0 Å². The van der Waals surface area contributed by atoms with Crippen LogP contribution < -0.4 is 10.6 Å². The molecule has 2 amide bonds. The number of amides is 2. The summed E-state index contributed by atoms with van der Waals surface area (Å²) in [7, 11) is 1.48. The zero-order valence-electron chi connectivity index (χ0n) is 8.58. The number of carbonyl (C=O) groups is 2.